The van der Waals surface area contributed by atoms with E-state index in [1.54, 1.807) is 31.2 Å². The molecule has 8 nitrogen and oxygen atoms in total. The Morgan fingerprint density at radius 2 is 2.00 bits per heavy atom. The molecular weight excluding hydrogens is 352 g/mol. The fraction of sp³-hybridized carbons (Fsp3) is 0.211. The number of phenolic OH excluding ortho intramolecular Hbond substituents is 1. The number of aliphatic carboxylic acids is 1. The van der Waals surface area contributed by atoms with Gasteiger partial charge in [-0.2, -0.15) is 5.10 Å². The van der Waals surface area contributed by atoms with Gasteiger partial charge in [0.1, 0.15) is 11.9 Å². The Morgan fingerprint density at radius 3 is 2.67 bits per heavy atom. The van der Waals surface area contributed by atoms with Crippen molar-refractivity contribution >= 4 is 18.1 Å². The number of amides is 1. The second kappa shape index (κ2) is 9.23. The first-order valence-corrected chi connectivity index (χ1v) is 8.18. The molecule has 2 aromatic rings. The molecular formula is C19H19N2O6-. The molecule has 0 saturated heterocycles. The molecule has 0 aliphatic carbocycles. The molecule has 0 aliphatic rings. The number of nitrogens with zero attached hydrogens (tertiary/aromatic N) is 1. The molecule has 0 aliphatic heterocycles. The lowest BCUT2D eigenvalue weighted by atomic mass is 10.2. The molecule has 2 rings (SSSR count). The molecule has 0 radical (unpaired) electrons. The fourth-order valence-electron chi connectivity index (χ4n) is 2.10. The molecule has 0 unspecified atom stereocenters. The lowest BCUT2D eigenvalue weighted by molar-refractivity contribution is -0.312. The summed E-state index contributed by atoms with van der Waals surface area (Å²) in [5.41, 5.74) is 3.00. The molecule has 0 heterocycles. The van der Waals surface area contributed by atoms with Gasteiger partial charge < -0.3 is 24.5 Å². The summed E-state index contributed by atoms with van der Waals surface area (Å²) in [6.45, 7) is 3.48. The van der Waals surface area contributed by atoms with Crippen LogP contribution in [-0.4, -0.2) is 35.9 Å². The van der Waals surface area contributed by atoms with Crippen molar-refractivity contribution in [2.24, 2.45) is 5.10 Å². The fourth-order valence-corrected chi connectivity index (χ4v) is 2.10. The molecule has 0 saturated carbocycles. The summed E-state index contributed by atoms with van der Waals surface area (Å²) >= 11 is 0. The van der Waals surface area contributed by atoms with Crippen molar-refractivity contribution in [1.82, 2.24) is 5.43 Å². The first-order chi connectivity index (χ1) is 12.9. The van der Waals surface area contributed by atoms with Crippen molar-refractivity contribution in [3.05, 3.63) is 53.6 Å². The second-order valence-electron chi connectivity index (χ2n) is 5.43. The van der Waals surface area contributed by atoms with Crippen LogP contribution in [0.5, 0.6) is 17.2 Å². The van der Waals surface area contributed by atoms with Gasteiger partial charge in [-0.1, -0.05) is 12.1 Å². The lowest BCUT2D eigenvalue weighted by Crippen LogP contribution is -2.37. The summed E-state index contributed by atoms with van der Waals surface area (Å²) in [5, 5.41) is 24.3. The molecule has 8 heteroatoms. The SMILES string of the molecule is CCOc1cc(/C=N\NC(=O)c2ccccc2O)ccc1O[C@@H](C)C(=O)[O-]. The van der Waals surface area contributed by atoms with E-state index >= 15 is 0 Å². The normalized spacial score (nSPS) is 11.8. The number of phenols is 1. The number of aromatic hydroxyl groups is 1. The van der Waals surface area contributed by atoms with Crippen LogP contribution >= 0.6 is 0 Å². The van der Waals surface area contributed by atoms with Crippen LogP contribution in [0.3, 0.4) is 0 Å². The number of nitrogens with one attached hydrogen (secondary N) is 1. The van der Waals surface area contributed by atoms with Crippen molar-refractivity contribution in [3.8, 4) is 17.2 Å². The van der Waals surface area contributed by atoms with Gasteiger partial charge in [-0.25, -0.2) is 5.43 Å². The number of benzene rings is 2. The number of hydrogen-bond donors (Lipinski definition) is 2. The van der Waals surface area contributed by atoms with Crippen LogP contribution in [0, 0.1) is 0 Å². The van der Waals surface area contributed by atoms with Gasteiger partial charge in [0.05, 0.1) is 24.4 Å². The summed E-state index contributed by atoms with van der Waals surface area (Å²) < 4.78 is 10.7. The summed E-state index contributed by atoms with van der Waals surface area (Å²) in [4.78, 5) is 22.8. The van der Waals surface area contributed by atoms with Crippen molar-refractivity contribution in [3.63, 3.8) is 0 Å². The van der Waals surface area contributed by atoms with Crippen molar-refractivity contribution in [2.45, 2.75) is 20.0 Å². The molecule has 1 amide bonds. The maximum atomic E-state index is 12.0. The predicted octanol–water partition coefficient (Wildman–Crippen LogP) is 1.07. The highest BCUT2D eigenvalue weighted by Crippen LogP contribution is 2.29. The molecule has 27 heavy (non-hydrogen) atoms. The van der Waals surface area contributed by atoms with Crippen LogP contribution in [0.4, 0.5) is 0 Å². The van der Waals surface area contributed by atoms with Crippen molar-refractivity contribution in [1.29, 1.82) is 0 Å². The number of rotatable bonds is 8. The Bertz CT molecular complexity index is 850. The topological polar surface area (TPSA) is 120 Å². The largest absolute Gasteiger partial charge is 0.546 e. The third-order valence-electron chi connectivity index (χ3n) is 3.43. The monoisotopic (exact) mass is 371 g/mol. The van der Waals surface area contributed by atoms with E-state index in [0.717, 1.165) is 0 Å². The molecule has 0 spiro atoms. The molecule has 0 aromatic heterocycles. The van der Waals surface area contributed by atoms with Gasteiger partial charge in [-0.3, -0.25) is 4.79 Å². The van der Waals surface area contributed by atoms with E-state index in [2.05, 4.69) is 10.5 Å². The molecule has 2 aromatic carbocycles. The summed E-state index contributed by atoms with van der Waals surface area (Å²) in [7, 11) is 0. The van der Waals surface area contributed by atoms with Crippen LogP contribution in [0.25, 0.3) is 0 Å². The minimum atomic E-state index is -1.34. The Kier molecular flexibility index (Phi) is 6.76. The lowest BCUT2D eigenvalue weighted by Gasteiger charge is -2.18. The first-order valence-electron chi connectivity index (χ1n) is 8.18. The van der Waals surface area contributed by atoms with Gasteiger partial charge in [0.25, 0.3) is 5.91 Å². The van der Waals surface area contributed by atoms with E-state index in [-0.39, 0.29) is 17.1 Å². The Labute approximate surface area is 156 Å². The van der Waals surface area contributed by atoms with E-state index in [9.17, 15) is 19.8 Å². The maximum Gasteiger partial charge on any atom is 0.275 e. The molecule has 0 fully saturated rings. The average Bonchev–Trinajstić information content (AvgIpc) is 2.64. The first kappa shape index (κ1) is 19.8. The van der Waals surface area contributed by atoms with E-state index in [4.69, 9.17) is 9.47 Å². The smallest absolute Gasteiger partial charge is 0.275 e. The number of carbonyl (C=O) groups is 2. The zero-order valence-corrected chi connectivity index (χ0v) is 14.8. The predicted molar refractivity (Wildman–Crippen MR) is 95.9 cm³/mol. The number of carbonyl (C=O) groups excluding carboxylic acids is 2. The van der Waals surface area contributed by atoms with Crippen LogP contribution in [-0.2, 0) is 4.79 Å². The number of para-hydroxylation sites is 1. The van der Waals surface area contributed by atoms with Gasteiger partial charge in [0, 0.05) is 0 Å². The highest BCUT2D eigenvalue weighted by molar-refractivity contribution is 5.97. The van der Waals surface area contributed by atoms with Crippen molar-refractivity contribution in [2.75, 3.05) is 6.61 Å². The quantitative estimate of drug-likeness (QED) is 0.529. The van der Waals surface area contributed by atoms with E-state index in [1.165, 1.54) is 31.3 Å². The van der Waals surface area contributed by atoms with Gasteiger partial charge in [0.2, 0.25) is 0 Å². The average molecular weight is 371 g/mol. The molecule has 1 atom stereocenters. The zero-order chi connectivity index (χ0) is 19.8. The van der Waals surface area contributed by atoms with Crippen LogP contribution in [0.15, 0.2) is 47.6 Å². The summed E-state index contributed by atoms with van der Waals surface area (Å²) in [5.74, 6) is -1.45. The number of hydrazone groups is 1. The Hall–Kier alpha value is -3.55. The van der Waals surface area contributed by atoms with Gasteiger partial charge in [-0.15, -0.1) is 0 Å². The number of carboxylic acids is 1. The van der Waals surface area contributed by atoms with Crippen molar-refractivity contribution < 1.29 is 29.3 Å². The summed E-state index contributed by atoms with van der Waals surface area (Å²) in [6, 6.07) is 10.9. The minimum Gasteiger partial charge on any atom is -0.546 e. The highest BCUT2D eigenvalue weighted by atomic mass is 16.5. The number of ether oxygens (including phenoxy) is 2. The second-order valence-corrected chi connectivity index (χ2v) is 5.43. The number of carboxylic acid groups (broad SMARTS) is 1. The maximum absolute atomic E-state index is 12.0. The van der Waals surface area contributed by atoms with E-state index in [0.29, 0.717) is 17.9 Å². The zero-order valence-electron chi connectivity index (χ0n) is 14.8. The number of hydrogen-bond acceptors (Lipinski definition) is 7. The standard InChI is InChI=1S/C19H20N2O6/c1-3-26-17-10-13(8-9-16(17)27-12(2)19(24)25)11-20-21-18(23)14-6-4-5-7-15(14)22/h4-12,22H,3H2,1-2H3,(H,21,23)(H,24,25)/p-1/b20-11-/t12-/m0/s1. The van der Waals surface area contributed by atoms with Crippen LogP contribution < -0.4 is 20.0 Å². The van der Waals surface area contributed by atoms with Gasteiger partial charge in [-0.05, 0) is 49.7 Å². The van der Waals surface area contributed by atoms with E-state index < -0.39 is 18.0 Å². The third-order valence-corrected chi connectivity index (χ3v) is 3.43. The van der Waals surface area contributed by atoms with Gasteiger partial charge >= 0.3 is 0 Å². The highest BCUT2D eigenvalue weighted by Gasteiger charge is 2.11. The van der Waals surface area contributed by atoms with E-state index in [1.807, 2.05) is 0 Å². The van der Waals surface area contributed by atoms with Gasteiger partial charge in [0.15, 0.2) is 11.5 Å². The third kappa shape index (κ3) is 5.46. The Morgan fingerprint density at radius 1 is 1.26 bits per heavy atom. The minimum absolute atomic E-state index is 0.102. The Balaban J connectivity index is 2.10. The summed E-state index contributed by atoms with van der Waals surface area (Å²) in [6.07, 6.45) is 0.244. The van der Waals surface area contributed by atoms with Crippen LogP contribution in [0.2, 0.25) is 0 Å². The molecule has 142 valence electrons. The molecule has 0 bridgehead atoms. The molecule has 2 N–H and O–H groups in total. The van der Waals surface area contributed by atoms with Crippen LogP contribution in [0.1, 0.15) is 29.8 Å².